The minimum Gasteiger partial charge on any atom is -0.481 e. The summed E-state index contributed by atoms with van der Waals surface area (Å²) in [7, 11) is -1.17. The fraction of sp³-hybridized carbons (Fsp3) is 0.667. The van der Waals surface area contributed by atoms with Crippen LogP contribution in [-0.2, 0) is 22.7 Å². The number of ether oxygens (including phenoxy) is 1. The lowest BCUT2D eigenvalue weighted by atomic mass is 9.85. The van der Waals surface area contributed by atoms with Gasteiger partial charge in [-0.25, -0.2) is 4.68 Å². The van der Waals surface area contributed by atoms with Gasteiger partial charge in [0.05, 0.1) is 9.70 Å². The zero-order chi connectivity index (χ0) is 20.7. The molecule has 0 aliphatic carbocycles. The van der Waals surface area contributed by atoms with Gasteiger partial charge in [-0.1, -0.05) is 33.0 Å². The van der Waals surface area contributed by atoms with E-state index < -0.39 is 20.0 Å². The molecule has 0 spiro atoms. The van der Waals surface area contributed by atoms with E-state index >= 15 is 0 Å². The standard InChI is InChI=1S/C18H29BrN4O3SSi/c1-5-6-14(18(24)25)15(11-13-7-8-16(19)27-13)17-20-21-22-23(17)12-26-9-10-28(2,3)4/h7-8,14-15H,5-6,9-12H2,1-4H3,(H,24,25)/t14-,15-/m0/s1. The Hall–Kier alpha value is -1.10. The highest BCUT2D eigenvalue weighted by Gasteiger charge is 2.33. The molecule has 0 saturated carbocycles. The van der Waals surface area contributed by atoms with Gasteiger partial charge in [0.2, 0.25) is 0 Å². The first-order chi connectivity index (χ1) is 13.2. The molecule has 2 heterocycles. The number of thiophene rings is 1. The molecule has 2 atom stereocenters. The van der Waals surface area contributed by atoms with Crippen LogP contribution in [0, 0.1) is 5.92 Å². The largest absolute Gasteiger partial charge is 0.481 e. The number of carboxylic acids is 1. The monoisotopic (exact) mass is 488 g/mol. The number of hydrogen-bond donors (Lipinski definition) is 1. The topological polar surface area (TPSA) is 90.1 Å². The summed E-state index contributed by atoms with van der Waals surface area (Å²) in [5.74, 6) is -1.08. The molecule has 7 nitrogen and oxygen atoms in total. The maximum Gasteiger partial charge on any atom is 0.307 e. The lowest BCUT2D eigenvalue weighted by molar-refractivity contribution is -0.143. The first-order valence-corrected chi connectivity index (χ1v) is 14.8. The number of tetrazole rings is 1. The van der Waals surface area contributed by atoms with Crippen molar-refractivity contribution in [2.75, 3.05) is 6.61 Å². The SMILES string of the molecule is CCC[C@H](C(=O)O)[C@H](Cc1ccc(Br)s1)c1nnnn1COCC[Si](C)(C)C. The average Bonchev–Trinajstić information content (AvgIpc) is 3.22. The molecule has 0 aromatic carbocycles. The van der Waals surface area contributed by atoms with Crippen LogP contribution in [-0.4, -0.2) is 46.0 Å². The second-order valence-electron chi connectivity index (χ2n) is 8.13. The van der Waals surface area contributed by atoms with Gasteiger partial charge in [0.15, 0.2) is 5.82 Å². The second kappa shape index (κ2) is 10.6. The fourth-order valence-corrected chi connectivity index (χ4v) is 5.30. The summed E-state index contributed by atoms with van der Waals surface area (Å²) >= 11 is 5.09. The molecule has 156 valence electrons. The summed E-state index contributed by atoms with van der Waals surface area (Å²) < 4.78 is 8.44. The lowest BCUT2D eigenvalue weighted by Crippen LogP contribution is -2.27. The maximum absolute atomic E-state index is 12.0. The van der Waals surface area contributed by atoms with E-state index in [1.807, 2.05) is 19.1 Å². The predicted molar refractivity (Wildman–Crippen MR) is 116 cm³/mol. The molecule has 1 N–H and O–H groups in total. The number of carboxylic acid groups (broad SMARTS) is 1. The second-order valence-corrected chi connectivity index (χ2v) is 16.3. The molecular formula is C18H29BrN4O3SSi. The zero-order valence-corrected chi connectivity index (χ0v) is 20.3. The van der Waals surface area contributed by atoms with Gasteiger partial charge in [0, 0.05) is 25.5 Å². The molecule has 0 bridgehead atoms. The number of nitrogens with zero attached hydrogens (tertiary/aromatic N) is 4. The van der Waals surface area contributed by atoms with E-state index in [0.29, 0.717) is 25.3 Å². The predicted octanol–water partition coefficient (Wildman–Crippen LogP) is 4.64. The van der Waals surface area contributed by atoms with Crippen LogP contribution in [0.3, 0.4) is 0 Å². The van der Waals surface area contributed by atoms with Crippen LogP contribution >= 0.6 is 27.3 Å². The van der Waals surface area contributed by atoms with Crippen LogP contribution in [0.5, 0.6) is 0 Å². The van der Waals surface area contributed by atoms with Gasteiger partial charge in [-0.2, -0.15) is 0 Å². The quantitative estimate of drug-likeness (QED) is 0.345. The molecule has 2 aromatic heterocycles. The highest BCUT2D eigenvalue weighted by atomic mass is 79.9. The number of hydrogen-bond acceptors (Lipinski definition) is 6. The third-order valence-corrected chi connectivity index (χ3v) is 7.90. The normalized spacial score (nSPS) is 14.2. The summed E-state index contributed by atoms with van der Waals surface area (Å²) in [5.41, 5.74) is 0. The van der Waals surface area contributed by atoms with E-state index in [0.717, 1.165) is 21.1 Å². The average molecular weight is 490 g/mol. The number of halogens is 1. The minimum absolute atomic E-state index is 0.246. The van der Waals surface area contributed by atoms with Gasteiger partial charge in [-0.3, -0.25) is 4.79 Å². The molecule has 0 aliphatic rings. The molecule has 28 heavy (non-hydrogen) atoms. The highest BCUT2D eigenvalue weighted by molar-refractivity contribution is 9.11. The van der Waals surface area contributed by atoms with Gasteiger partial charge in [-0.15, -0.1) is 16.4 Å². The Bertz CT molecular complexity index is 762. The van der Waals surface area contributed by atoms with Crippen LogP contribution in [0.2, 0.25) is 25.7 Å². The maximum atomic E-state index is 12.0. The van der Waals surface area contributed by atoms with Gasteiger partial charge in [0.1, 0.15) is 6.73 Å². The Labute approximate surface area is 179 Å². The number of aliphatic carboxylic acids is 1. The Kier molecular flexibility index (Phi) is 8.78. The molecule has 10 heteroatoms. The smallest absolute Gasteiger partial charge is 0.307 e. The van der Waals surface area contributed by atoms with Gasteiger partial charge in [0.25, 0.3) is 0 Å². The van der Waals surface area contributed by atoms with E-state index in [1.165, 1.54) is 0 Å². The molecule has 0 fully saturated rings. The van der Waals surface area contributed by atoms with Crippen molar-refractivity contribution in [2.45, 2.75) is 64.5 Å². The van der Waals surface area contributed by atoms with E-state index in [9.17, 15) is 9.90 Å². The molecule has 0 unspecified atom stereocenters. The Morgan fingerprint density at radius 2 is 2.14 bits per heavy atom. The first kappa shape index (κ1) is 23.2. The number of carbonyl (C=O) groups is 1. The van der Waals surface area contributed by atoms with Crippen molar-refractivity contribution in [1.82, 2.24) is 20.2 Å². The van der Waals surface area contributed by atoms with Crippen LogP contribution in [0.4, 0.5) is 0 Å². The zero-order valence-electron chi connectivity index (χ0n) is 16.9. The summed E-state index contributed by atoms with van der Waals surface area (Å²) in [6.07, 6.45) is 1.95. The van der Waals surface area contributed by atoms with E-state index in [-0.39, 0.29) is 12.6 Å². The molecule has 0 saturated heterocycles. The fourth-order valence-electron chi connectivity index (χ4n) is 3.00. The van der Waals surface area contributed by atoms with Crippen LogP contribution in [0.15, 0.2) is 15.9 Å². The summed E-state index contributed by atoms with van der Waals surface area (Å²) in [6.45, 7) is 9.81. The van der Waals surface area contributed by atoms with Crippen molar-refractivity contribution < 1.29 is 14.6 Å². The molecular weight excluding hydrogens is 460 g/mol. The van der Waals surface area contributed by atoms with Gasteiger partial charge in [-0.05, 0) is 57.4 Å². The third-order valence-electron chi connectivity index (χ3n) is 4.55. The van der Waals surface area contributed by atoms with Crippen molar-refractivity contribution in [2.24, 2.45) is 5.92 Å². The molecule has 0 aliphatic heterocycles. The molecule has 0 radical (unpaired) electrons. The van der Waals surface area contributed by atoms with Gasteiger partial charge >= 0.3 is 5.97 Å². The summed E-state index contributed by atoms with van der Waals surface area (Å²) in [4.78, 5) is 13.1. The van der Waals surface area contributed by atoms with Crippen molar-refractivity contribution in [3.05, 3.63) is 26.6 Å². The van der Waals surface area contributed by atoms with E-state index in [1.54, 1.807) is 16.0 Å². The third kappa shape index (κ3) is 7.05. The molecule has 2 aromatic rings. The van der Waals surface area contributed by atoms with Crippen molar-refractivity contribution in [3.63, 3.8) is 0 Å². The Morgan fingerprint density at radius 1 is 1.39 bits per heavy atom. The number of rotatable bonds is 12. The first-order valence-electron chi connectivity index (χ1n) is 9.52. The number of aromatic nitrogens is 4. The summed E-state index contributed by atoms with van der Waals surface area (Å²) in [6, 6.07) is 5.06. The Morgan fingerprint density at radius 3 is 2.71 bits per heavy atom. The van der Waals surface area contributed by atoms with Crippen molar-refractivity contribution >= 4 is 41.3 Å². The van der Waals surface area contributed by atoms with Crippen LogP contribution < -0.4 is 0 Å². The van der Waals surface area contributed by atoms with Gasteiger partial charge < -0.3 is 9.84 Å². The summed E-state index contributed by atoms with van der Waals surface area (Å²) in [5, 5.41) is 21.9. The van der Waals surface area contributed by atoms with Crippen LogP contribution in [0.1, 0.15) is 36.4 Å². The Balaban J connectivity index is 2.20. The van der Waals surface area contributed by atoms with Crippen LogP contribution in [0.25, 0.3) is 0 Å². The van der Waals surface area contributed by atoms with E-state index in [4.69, 9.17) is 4.74 Å². The molecule has 0 amide bonds. The van der Waals surface area contributed by atoms with E-state index in [2.05, 4.69) is 51.1 Å². The minimum atomic E-state index is -1.17. The highest BCUT2D eigenvalue weighted by Crippen LogP contribution is 2.34. The molecule has 2 rings (SSSR count). The van der Waals surface area contributed by atoms with Crippen molar-refractivity contribution in [1.29, 1.82) is 0 Å². The van der Waals surface area contributed by atoms with Crippen molar-refractivity contribution in [3.8, 4) is 0 Å². The lowest BCUT2D eigenvalue weighted by Gasteiger charge is -2.23.